The van der Waals surface area contributed by atoms with Gasteiger partial charge in [0.2, 0.25) is 5.67 Å². The lowest BCUT2D eigenvalue weighted by Crippen LogP contribution is -2.42. The second-order valence-corrected chi connectivity index (χ2v) is 8.84. The maximum Gasteiger partial charge on any atom is 0.344 e. The molecule has 0 unspecified atom stereocenters. The van der Waals surface area contributed by atoms with Gasteiger partial charge in [-0.05, 0) is 79.1 Å². The Morgan fingerprint density at radius 3 is 2.42 bits per heavy atom. The van der Waals surface area contributed by atoms with Crippen molar-refractivity contribution in [2.45, 2.75) is 37.3 Å². The number of rotatable bonds is 9. The summed E-state index contributed by atoms with van der Waals surface area (Å²) >= 11 is 6.01. The van der Waals surface area contributed by atoms with E-state index in [9.17, 15) is 9.18 Å². The molecule has 0 radical (unpaired) electrons. The van der Waals surface area contributed by atoms with Crippen molar-refractivity contribution in [2.24, 2.45) is 5.92 Å². The molecule has 1 aliphatic rings. The van der Waals surface area contributed by atoms with Crippen LogP contribution in [-0.2, 0) is 16.0 Å². The Morgan fingerprint density at radius 2 is 1.79 bits per heavy atom. The van der Waals surface area contributed by atoms with Crippen molar-refractivity contribution in [3.8, 4) is 11.5 Å². The minimum Gasteiger partial charge on any atom is -0.467 e. The Morgan fingerprint density at radius 1 is 1.09 bits per heavy atom. The van der Waals surface area contributed by atoms with Crippen LogP contribution in [-0.4, -0.2) is 18.7 Å². The molecule has 0 saturated heterocycles. The zero-order valence-corrected chi connectivity index (χ0v) is 19.0. The summed E-state index contributed by atoms with van der Waals surface area (Å²) in [5, 5.41) is 0.549. The van der Waals surface area contributed by atoms with E-state index in [0.717, 1.165) is 18.4 Å². The monoisotopic (exact) mass is 470 g/mol. The molecule has 172 valence electrons. The van der Waals surface area contributed by atoms with E-state index >= 15 is 4.39 Å². The summed E-state index contributed by atoms with van der Waals surface area (Å²) < 4.78 is 41.4. The lowest BCUT2D eigenvalue weighted by Gasteiger charge is -2.32. The van der Waals surface area contributed by atoms with Crippen molar-refractivity contribution in [1.29, 1.82) is 0 Å². The third kappa shape index (κ3) is 5.36. The molecule has 0 amide bonds. The summed E-state index contributed by atoms with van der Waals surface area (Å²) in [7, 11) is 1.20. The Kier molecular flexibility index (Phi) is 6.99. The SMILES string of the molecule is COC(=O)[C@](F)(CCc1ccc(F)c(Oc2ccccc2)c1)[C@H](c1ccc(Cl)cc1)C1CC1. The molecule has 2 atom stereocenters. The Bertz CT molecular complexity index is 1100. The quantitative estimate of drug-likeness (QED) is 0.308. The molecule has 3 nitrogen and oxygen atoms in total. The first kappa shape index (κ1) is 23.2. The van der Waals surface area contributed by atoms with Crippen molar-refractivity contribution in [3.05, 3.63) is 94.8 Å². The van der Waals surface area contributed by atoms with Crippen molar-refractivity contribution in [3.63, 3.8) is 0 Å². The summed E-state index contributed by atoms with van der Waals surface area (Å²) in [5.74, 6) is -1.43. The minimum absolute atomic E-state index is 0.0534. The van der Waals surface area contributed by atoms with Crippen LogP contribution in [0.1, 0.15) is 36.3 Å². The van der Waals surface area contributed by atoms with Gasteiger partial charge in [0.1, 0.15) is 5.75 Å². The van der Waals surface area contributed by atoms with E-state index in [2.05, 4.69) is 0 Å². The second kappa shape index (κ2) is 9.92. The van der Waals surface area contributed by atoms with Crippen LogP contribution in [0.5, 0.6) is 11.5 Å². The number of benzene rings is 3. The highest BCUT2D eigenvalue weighted by Crippen LogP contribution is 2.51. The average molecular weight is 471 g/mol. The fourth-order valence-electron chi connectivity index (χ4n) is 4.29. The van der Waals surface area contributed by atoms with Crippen LogP contribution in [0.4, 0.5) is 8.78 Å². The number of halogens is 3. The molecule has 0 heterocycles. The molecule has 0 N–H and O–H groups in total. The van der Waals surface area contributed by atoms with Crippen LogP contribution in [0.3, 0.4) is 0 Å². The normalized spacial score (nSPS) is 16.0. The largest absolute Gasteiger partial charge is 0.467 e. The topological polar surface area (TPSA) is 35.5 Å². The van der Waals surface area contributed by atoms with E-state index in [4.69, 9.17) is 21.1 Å². The molecule has 6 heteroatoms. The Balaban J connectivity index is 1.58. The molecule has 0 bridgehead atoms. The molecule has 0 spiro atoms. The van der Waals surface area contributed by atoms with Crippen LogP contribution < -0.4 is 4.74 Å². The lowest BCUT2D eigenvalue weighted by atomic mass is 9.76. The highest BCUT2D eigenvalue weighted by molar-refractivity contribution is 6.30. The van der Waals surface area contributed by atoms with Gasteiger partial charge in [0.15, 0.2) is 11.6 Å². The molecular formula is C27H25ClF2O3. The van der Waals surface area contributed by atoms with Crippen molar-refractivity contribution < 1.29 is 23.0 Å². The van der Waals surface area contributed by atoms with Crippen LogP contribution in [0.2, 0.25) is 5.02 Å². The Hall–Kier alpha value is -2.92. The molecule has 4 rings (SSSR count). The van der Waals surface area contributed by atoms with Crippen molar-refractivity contribution >= 4 is 17.6 Å². The first-order valence-corrected chi connectivity index (χ1v) is 11.3. The fraction of sp³-hybridized carbons (Fsp3) is 0.296. The summed E-state index contributed by atoms with van der Waals surface area (Å²) in [6, 6.07) is 20.2. The number of ether oxygens (including phenoxy) is 2. The van der Waals surface area contributed by atoms with E-state index in [1.807, 2.05) is 6.07 Å². The van der Waals surface area contributed by atoms with E-state index < -0.39 is 23.4 Å². The summed E-state index contributed by atoms with van der Waals surface area (Å²) in [4.78, 5) is 12.7. The second-order valence-electron chi connectivity index (χ2n) is 8.40. The van der Waals surface area contributed by atoms with Gasteiger partial charge in [0.25, 0.3) is 0 Å². The number of carbonyl (C=O) groups excluding carboxylic acids is 1. The zero-order valence-electron chi connectivity index (χ0n) is 18.3. The number of para-hydroxylation sites is 1. The first-order chi connectivity index (χ1) is 15.9. The van der Waals surface area contributed by atoms with E-state index in [1.165, 1.54) is 13.2 Å². The van der Waals surface area contributed by atoms with E-state index in [-0.39, 0.29) is 24.5 Å². The molecule has 0 aliphatic heterocycles. The summed E-state index contributed by atoms with van der Waals surface area (Å²) in [5.41, 5.74) is -0.834. The number of hydrogen-bond acceptors (Lipinski definition) is 3. The third-order valence-corrected chi connectivity index (χ3v) is 6.34. The molecule has 1 aliphatic carbocycles. The van der Waals surface area contributed by atoms with Crippen LogP contribution in [0.25, 0.3) is 0 Å². The summed E-state index contributed by atoms with van der Waals surface area (Å²) in [6.07, 6.45) is 1.82. The highest BCUT2D eigenvalue weighted by Gasteiger charge is 2.53. The smallest absolute Gasteiger partial charge is 0.344 e. The van der Waals surface area contributed by atoms with Gasteiger partial charge in [-0.15, -0.1) is 0 Å². The number of hydrogen-bond donors (Lipinski definition) is 0. The number of aryl methyl sites for hydroxylation is 1. The van der Waals surface area contributed by atoms with Crippen LogP contribution in [0.15, 0.2) is 72.8 Å². The predicted molar refractivity (Wildman–Crippen MR) is 124 cm³/mol. The van der Waals surface area contributed by atoms with Gasteiger partial charge in [0.05, 0.1) is 7.11 Å². The van der Waals surface area contributed by atoms with Crippen molar-refractivity contribution in [1.82, 2.24) is 0 Å². The maximum atomic E-state index is 16.5. The van der Waals surface area contributed by atoms with Gasteiger partial charge < -0.3 is 9.47 Å². The Labute approximate surface area is 197 Å². The average Bonchev–Trinajstić information content (AvgIpc) is 3.66. The molecule has 33 heavy (non-hydrogen) atoms. The lowest BCUT2D eigenvalue weighted by molar-refractivity contribution is -0.157. The van der Waals surface area contributed by atoms with Gasteiger partial charge in [-0.2, -0.15) is 0 Å². The van der Waals surface area contributed by atoms with Crippen molar-refractivity contribution in [2.75, 3.05) is 7.11 Å². The number of alkyl halides is 1. The first-order valence-electron chi connectivity index (χ1n) is 10.9. The summed E-state index contributed by atoms with van der Waals surface area (Å²) in [6.45, 7) is 0. The number of methoxy groups -OCH3 is 1. The van der Waals surface area contributed by atoms with Crippen LogP contribution >= 0.6 is 11.6 Å². The van der Waals surface area contributed by atoms with Gasteiger partial charge in [-0.25, -0.2) is 13.6 Å². The van der Waals surface area contributed by atoms with Gasteiger partial charge >= 0.3 is 5.97 Å². The predicted octanol–water partition coefficient (Wildman–Crippen LogP) is 7.28. The minimum atomic E-state index is -2.22. The zero-order chi connectivity index (χ0) is 23.4. The van der Waals surface area contributed by atoms with E-state index in [0.29, 0.717) is 16.3 Å². The molecule has 0 aromatic heterocycles. The number of esters is 1. The van der Waals surface area contributed by atoms with Gasteiger partial charge in [-0.1, -0.05) is 48.0 Å². The highest BCUT2D eigenvalue weighted by atomic mass is 35.5. The standard InChI is InChI=1S/C27H25ClF2O3/c1-32-26(31)27(30,25(19-8-9-19)20-10-12-21(28)13-11-20)16-15-18-7-14-23(29)24(17-18)33-22-5-3-2-4-6-22/h2-7,10-14,17,19,25H,8-9,15-16H2,1H3/t25-,27-/m0/s1. The molecule has 1 fully saturated rings. The molecular weight excluding hydrogens is 446 g/mol. The van der Waals surface area contributed by atoms with Gasteiger partial charge in [0, 0.05) is 10.9 Å². The molecule has 3 aromatic rings. The number of carbonyl (C=O) groups is 1. The van der Waals surface area contributed by atoms with Gasteiger partial charge in [-0.3, -0.25) is 0 Å². The van der Waals surface area contributed by atoms with E-state index in [1.54, 1.807) is 60.7 Å². The van der Waals surface area contributed by atoms with Crippen LogP contribution in [0, 0.1) is 11.7 Å². The fourth-order valence-corrected chi connectivity index (χ4v) is 4.41. The third-order valence-electron chi connectivity index (χ3n) is 6.08. The maximum absolute atomic E-state index is 16.5. The molecule has 1 saturated carbocycles. The molecule has 3 aromatic carbocycles.